The van der Waals surface area contributed by atoms with Crippen LogP contribution in [0, 0.1) is 0 Å². The van der Waals surface area contributed by atoms with Crippen molar-refractivity contribution >= 4 is 21.6 Å². The van der Waals surface area contributed by atoms with Crippen LogP contribution in [0.2, 0.25) is 0 Å². The second-order valence-corrected chi connectivity index (χ2v) is 4.62. The Morgan fingerprint density at radius 3 is 2.93 bits per heavy atom. The molecule has 0 radical (unpaired) electrons. The number of rotatable bonds is 4. The van der Waals surface area contributed by atoms with Crippen LogP contribution in [0.4, 0.5) is 0 Å². The fraction of sp³-hybridized carbons (Fsp3) is 0.364. The van der Waals surface area contributed by atoms with Crippen LogP contribution in [0.15, 0.2) is 24.3 Å². The largest absolute Gasteiger partial charge is 0.392 e. The highest BCUT2D eigenvalue weighted by Crippen LogP contribution is 2.22. The van der Waals surface area contributed by atoms with Crippen molar-refractivity contribution in [1.29, 1.82) is 0 Å². The summed E-state index contributed by atoms with van der Waals surface area (Å²) in [7, 11) is 0. The maximum Gasteiger partial charge on any atom is 0.0939 e. The molecule has 0 aliphatic rings. The van der Waals surface area contributed by atoms with E-state index in [2.05, 4.69) is 11.1 Å². The van der Waals surface area contributed by atoms with Crippen LogP contribution >= 0.6 is 11.3 Å². The molecule has 4 heteroatoms. The number of para-hydroxylation sites is 1. The number of aryl methyl sites for hydroxylation is 1. The molecule has 80 valence electrons. The first kappa shape index (κ1) is 10.5. The molecule has 0 saturated heterocycles. The van der Waals surface area contributed by atoms with E-state index in [9.17, 15) is 5.11 Å². The number of aliphatic hydroxyl groups excluding tert-OH is 1. The minimum absolute atomic E-state index is 0.324. The van der Waals surface area contributed by atoms with Gasteiger partial charge in [0.05, 0.1) is 21.3 Å². The zero-order valence-corrected chi connectivity index (χ0v) is 9.20. The van der Waals surface area contributed by atoms with Gasteiger partial charge in [0, 0.05) is 13.0 Å². The summed E-state index contributed by atoms with van der Waals surface area (Å²) in [5.41, 5.74) is 6.39. The molecular weight excluding hydrogens is 208 g/mol. The molecule has 0 fully saturated rings. The Hall–Kier alpha value is -0.970. The van der Waals surface area contributed by atoms with Crippen LogP contribution in [0.5, 0.6) is 0 Å². The number of hydrogen-bond donors (Lipinski definition) is 2. The summed E-state index contributed by atoms with van der Waals surface area (Å²) in [6, 6.07) is 8.07. The van der Waals surface area contributed by atoms with Crippen molar-refractivity contribution in [3.05, 3.63) is 29.3 Å². The molecule has 1 atom stereocenters. The number of aliphatic hydroxyl groups is 1. The van der Waals surface area contributed by atoms with Gasteiger partial charge < -0.3 is 10.8 Å². The van der Waals surface area contributed by atoms with Gasteiger partial charge in [0.2, 0.25) is 0 Å². The third kappa shape index (κ3) is 2.53. The third-order valence-electron chi connectivity index (χ3n) is 2.30. The molecule has 2 aromatic rings. The van der Waals surface area contributed by atoms with Gasteiger partial charge in [-0.25, -0.2) is 4.98 Å². The Morgan fingerprint density at radius 1 is 1.40 bits per heavy atom. The lowest BCUT2D eigenvalue weighted by Gasteiger charge is -2.04. The second kappa shape index (κ2) is 4.70. The lowest BCUT2D eigenvalue weighted by Crippen LogP contribution is -2.19. The van der Waals surface area contributed by atoms with E-state index in [1.54, 1.807) is 11.3 Å². The molecule has 1 aromatic carbocycles. The van der Waals surface area contributed by atoms with Crippen LogP contribution in [0.25, 0.3) is 10.2 Å². The van der Waals surface area contributed by atoms with Gasteiger partial charge in [-0.1, -0.05) is 12.1 Å². The van der Waals surface area contributed by atoms with Gasteiger partial charge in [0.15, 0.2) is 0 Å². The van der Waals surface area contributed by atoms with E-state index in [-0.39, 0.29) is 0 Å². The Morgan fingerprint density at radius 2 is 2.20 bits per heavy atom. The third-order valence-corrected chi connectivity index (χ3v) is 3.40. The van der Waals surface area contributed by atoms with E-state index in [0.29, 0.717) is 13.0 Å². The van der Waals surface area contributed by atoms with Crippen LogP contribution < -0.4 is 5.73 Å². The first-order chi connectivity index (χ1) is 7.29. The Kier molecular flexibility index (Phi) is 3.30. The molecule has 0 amide bonds. The molecule has 1 aromatic heterocycles. The molecule has 0 aliphatic carbocycles. The van der Waals surface area contributed by atoms with Gasteiger partial charge >= 0.3 is 0 Å². The Labute approximate surface area is 92.6 Å². The lowest BCUT2D eigenvalue weighted by molar-refractivity contribution is 0.173. The predicted octanol–water partition coefficient (Wildman–Crippen LogP) is 1.55. The molecule has 0 bridgehead atoms. The topological polar surface area (TPSA) is 59.1 Å². The average molecular weight is 222 g/mol. The van der Waals surface area contributed by atoms with Gasteiger partial charge in [0.25, 0.3) is 0 Å². The van der Waals surface area contributed by atoms with Crippen molar-refractivity contribution < 1.29 is 5.11 Å². The van der Waals surface area contributed by atoms with E-state index >= 15 is 0 Å². The molecule has 1 heterocycles. The number of benzene rings is 1. The van der Waals surface area contributed by atoms with Crippen molar-refractivity contribution in [2.24, 2.45) is 5.73 Å². The van der Waals surface area contributed by atoms with Crippen LogP contribution in [0.1, 0.15) is 11.4 Å². The highest BCUT2D eigenvalue weighted by Gasteiger charge is 2.06. The molecule has 2 rings (SSSR count). The lowest BCUT2D eigenvalue weighted by atomic mass is 10.2. The summed E-state index contributed by atoms with van der Waals surface area (Å²) < 4.78 is 1.20. The minimum atomic E-state index is -0.406. The summed E-state index contributed by atoms with van der Waals surface area (Å²) in [5.74, 6) is 0. The van der Waals surface area contributed by atoms with Gasteiger partial charge in [-0.15, -0.1) is 11.3 Å². The summed E-state index contributed by atoms with van der Waals surface area (Å²) >= 11 is 1.69. The number of hydrogen-bond acceptors (Lipinski definition) is 4. The fourth-order valence-corrected chi connectivity index (χ4v) is 2.42. The molecule has 0 saturated carbocycles. The maximum atomic E-state index is 9.35. The SMILES string of the molecule is NCC(O)CCc1nc2ccccc2s1. The van der Waals surface area contributed by atoms with Crippen molar-refractivity contribution in [3.63, 3.8) is 0 Å². The number of nitrogens with two attached hydrogens (primary N) is 1. The van der Waals surface area contributed by atoms with E-state index < -0.39 is 6.10 Å². The van der Waals surface area contributed by atoms with E-state index in [1.807, 2.05) is 18.2 Å². The molecular formula is C11H14N2OS. The zero-order chi connectivity index (χ0) is 10.7. The summed E-state index contributed by atoms with van der Waals surface area (Å²) in [5, 5.41) is 10.4. The van der Waals surface area contributed by atoms with E-state index in [1.165, 1.54) is 4.70 Å². The van der Waals surface area contributed by atoms with Crippen LogP contribution in [0.3, 0.4) is 0 Å². The van der Waals surface area contributed by atoms with Crippen LogP contribution in [-0.2, 0) is 6.42 Å². The van der Waals surface area contributed by atoms with Crippen molar-refractivity contribution in [1.82, 2.24) is 4.98 Å². The first-order valence-corrected chi connectivity index (χ1v) is 5.84. The van der Waals surface area contributed by atoms with E-state index in [0.717, 1.165) is 16.9 Å². The zero-order valence-electron chi connectivity index (χ0n) is 8.39. The minimum Gasteiger partial charge on any atom is -0.392 e. The average Bonchev–Trinajstić information content (AvgIpc) is 2.68. The predicted molar refractivity (Wildman–Crippen MR) is 63.0 cm³/mol. The van der Waals surface area contributed by atoms with Gasteiger partial charge in [-0.2, -0.15) is 0 Å². The van der Waals surface area contributed by atoms with Crippen molar-refractivity contribution in [2.45, 2.75) is 18.9 Å². The normalized spacial score (nSPS) is 13.2. The van der Waals surface area contributed by atoms with Crippen LogP contribution in [-0.4, -0.2) is 22.7 Å². The van der Waals surface area contributed by atoms with Gasteiger partial charge in [-0.05, 0) is 18.6 Å². The van der Waals surface area contributed by atoms with Gasteiger partial charge in [0.1, 0.15) is 0 Å². The standard InChI is InChI=1S/C11H14N2OS/c12-7-8(14)5-6-11-13-9-3-1-2-4-10(9)15-11/h1-4,8,14H,5-7,12H2. The first-order valence-electron chi connectivity index (χ1n) is 5.02. The maximum absolute atomic E-state index is 9.35. The molecule has 15 heavy (non-hydrogen) atoms. The highest BCUT2D eigenvalue weighted by atomic mass is 32.1. The van der Waals surface area contributed by atoms with Crippen molar-refractivity contribution in [3.8, 4) is 0 Å². The number of aromatic nitrogens is 1. The number of nitrogens with zero attached hydrogens (tertiary/aromatic N) is 1. The summed E-state index contributed by atoms with van der Waals surface area (Å²) in [4.78, 5) is 4.49. The monoisotopic (exact) mass is 222 g/mol. The van der Waals surface area contributed by atoms with Crippen molar-refractivity contribution in [2.75, 3.05) is 6.54 Å². The Balaban J connectivity index is 2.09. The molecule has 3 N–H and O–H groups in total. The summed E-state index contributed by atoms with van der Waals surface area (Å²) in [6.45, 7) is 0.324. The molecule has 3 nitrogen and oxygen atoms in total. The smallest absolute Gasteiger partial charge is 0.0939 e. The fourth-order valence-electron chi connectivity index (χ4n) is 1.43. The van der Waals surface area contributed by atoms with Gasteiger partial charge in [-0.3, -0.25) is 0 Å². The number of fused-ring (bicyclic) bond motifs is 1. The molecule has 0 spiro atoms. The molecule has 1 unspecified atom stereocenters. The Bertz CT molecular complexity index is 408. The highest BCUT2D eigenvalue weighted by molar-refractivity contribution is 7.18. The quantitative estimate of drug-likeness (QED) is 0.825. The van der Waals surface area contributed by atoms with E-state index in [4.69, 9.17) is 5.73 Å². The summed E-state index contributed by atoms with van der Waals surface area (Å²) in [6.07, 6.45) is 1.09. The second-order valence-electron chi connectivity index (χ2n) is 3.50. The molecule has 0 aliphatic heterocycles. The number of thiazole rings is 1.